The van der Waals surface area contributed by atoms with Crippen LogP contribution in [0.25, 0.3) is 11.3 Å². The molecule has 0 saturated carbocycles. The number of aromatic amines is 1. The van der Waals surface area contributed by atoms with Gasteiger partial charge >= 0.3 is 0 Å². The van der Waals surface area contributed by atoms with E-state index in [0.29, 0.717) is 0 Å². The molecule has 2 aromatic heterocycles. The van der Waals surface area contributed by atoms with Gasteiger partial charge in [-0.2, -0.15) is 0 Å². The standard InChI is InChI=1S/C21H24N4O3/c1-2-3-4-20-22-10-15(23-20)11-25-8-7-17-16(12-25)21(24-28-17)14-5-6-18-19(9-14)27-13-26-18/h5-6,9-10H,2-4,7-8,11-13H2,1H3,(H,22,23). The first-order chi connectivity index (χ1) is 13.8. The number of imidazole rings is 1. The van der Waals surface area contributed by atoms with Crippen LogP contribution >= 0.6 is 0 Å². The second kappa shape index (κ2) is 7.31. The maximum Gasteiger partial charge on any atom is 0.231 e. The molecule has 0 aliphatic carbocycles. The first-order valence-corrected chi connectivity index (χ1v) is 9.92. The Kier molecular flexibility index (Phi) is 4.52. The number of H-pyrrole nitrogens is 1. The van der Waals surface area contributed by atoms with Crippen molar-refractivity contribution in [3.63, 3.8) is 0 Å². The molecular formula is C21H24N4O3. The summed E-state index contributed by atoms with van der Waals surface area (Å²) in [7, 11) is 0. The van der Waals surface area contributed by atoms with Crippen molar-refractivity contribution in [3.05, 3.63) is 47.2 Å². The molecule has 7 nitrogen and oxygen atoms in total. The number of benzene rings is 1. The number of nitrogens with zero attached hydrogens (tertiary/aromatic N) is 3. The summed E-state index contributed by atoms with van der Waals surface area (Å²) in [4.78, 5) is 10.4. The highest BCUT2D eigenvalue weighted by molar-refractivity contribution is 5.67. The molecule has 3 aromatic rings. The van der Waals surface area contributed by atoms with E-state index in [2.05, 4.69) is 26.9 Å². The summed E-state index contributed by atoms with van der Waals surface area (Å²) in [6.45, 7) is 5.09. The number of nitrogens with one attached hydrogen (secondary N) is 1. The zero-order chi connectivity index (χ0) is 18.9. The molecule has 0 bridgehead atoms. The topological polar surface area (TPSA) is 76.4 Å². The number of aryl methyl sites for hydroxylation is 1. The van der Waals surface area contributed by atoms with Crippen LogP contribution in [-0.2, 0) is 25.9 Å². The molecule has 0 unspecified atom stereocenters. The van der Waals surface area contributed by atoms with E-state index in [4.69, 9.17) is 14.0 Å². The summed E-state index contributed by atoms with van der Waals surface area (Å²) in [6.07, 6.45) is 6.19. The fourth-order valence-corrected chi connectivity index (χ4v) is 3.87. The van der Waals surface area contributed by atoms with Gasteiger partial charge in [-0.15, -0.1) is 0 Å². The summed E-state index contributed by atoms with van der Waals surface area (Å²) < 4.78 is 16.6. The monoisotopic (exact) mass is 380 g/mol. The third kappa shape index (κ3) is 3.26. The van der Waals surface area contributed by atoms with Gasteiger partial charge in [0.25, 0.3) is 0 Å². The number of rotatable bonds is 6. The lowest BCUT2D eigenvalue weighted by atomic mass is 10.0. The molecule has 4 heterocycles. The van der Waals surface area contributed by atoms with E-state index in [1.165, 1.54) is 12.8 Å². The fraction of sp³-hybridized carbons (Fsp3) is 0.429. The summed E-state index contributed by atoms with van der Waals surface area (Å²) in [5.41, 5.74) is 4.22. The van der Waals surface area contributed by atoms with Gasteiger partial charge in [0.05, 0.1) is 0 Å². The Labute approximate surface area is 163 Å². The second-order valence-corrected chi connectivity index (χ2v) is 7.42. The van der Waals surface area contributed by atoms with E-state index in [1.807, 2.05) is 24.4 Å². The van der Waals surface area contributed by atoms with E-state index < -0.39 is 0 Å². The van der Waals surface area contributed by atoms with E-state index in [9.17, 15) is 0 Å². The van der Waals surface area contributed by atoms with Gasteiger partial charge in [-0.25, -0.2) is 4.98 Å². The predicted molar refractivity (Wildman–Crippen MR) is 103 cm³/mol. The van der Waals surface area contributed by atoms with Crippen molar-refractivity contribution in [1.29, 1.82) is 0 Å². The van der Waals surface area contributed by atoms with Crippen LogP contribution in [0.4, 0.5) is 0 Å². The Hall–Kier alpha value is -2.80. The van der Waals surface area contributed by atoms with Gasteiger partial charge in [0.15, 0.2) is 11.5 Å². The SMILES string of the molecule is CCCCc1ncc(CN2CCc3onc(-c4ccc5c(c4)OCO5)c3C2)[nH]1. The van der Waals surface area contributed by atoms with Crippen LogP contribution in [0, 0.1) is 0 Å². The normalized spacial score (nSPS) is 15.8. The first kappa shape index (κ1) is 17.3. The minimum absolute atomic E-state index is 0.272. The van der Waals surface area contributed by atoms with Gasteiger partial charge in [0.1, 0.15) is 17.3 Å². The third-order valence-electron chi connectivity index (χ3n) is 5.39. The summed E-state index contributed by atoms with van der Waals surface area (Å²) >= 11 is 0. The Morgan fingerprint density at radius 3 is 3.07 bits per heavy atom. The zero-order valence-corrected chi connectivity index (χ0v) is 16.0. The molecular weight excluding hydrogens is 356 g/mol. The van der Waals surface area contributed by atoms with Crippen molar-refractivity contribution in [1.82, 2.24) is 20.0 Å². The van der Waals surface area contributed by atoms with E-state index in [1.54, 1.807) is 0 Å². The highest BCUT2D eigenvalue weighted by Crippen LogP contribution is 2.38. The molecule has 1 aromatic carbocycles. The van der Waals surface area contributed by atoms with Crippen molar-refractivity contribution < 1.29 is 14.0 Å². The highest BCUT2D eigenvalue weighted by Gasteiger charge is 2.26. The van der Waals surface area contributed by atoms with Crippen LogP contribution in [0.5, 0.6) is 11.5 Å². The summed E-state index contributed by atoms with van der Waals surface area (Å²) in [5.74, 6) is 3.61. The maximum atomic E-state index is 5.64. The van der Waals surface area contributed by atoms with Crippen molar-refractivity contribution in [3.8, 4) is 22.8 Å². The van der Waals surface area contributed by atoms with Crippen molar-refractivity contribution in [2.45, 2.75) is 45.7 Å². The molecule has 0 atom stereocenters. The highest BCUT2D eigenvalue weighted by atomic mass is 16.7. The molecule has 0 spiro atoms. The van der Waals surface area contributed by atoms with Crippen LogP contribution in [0.1, 0.15) is 42.6 Å². The average molecular weight is 380 g/mol. The van der Waals surface area contributed by atoms with Gasteiger partial charge in [0.2, 0.25) is 6.79 Å². The Balaban J connectivity index is 1.33. The maximum absolute atomic E-state index is 5.64. The number of hydrogen-bond acceptors (Lipinski definition) is 6. The third-order valence-corrected chi connectivity index (χ3v) is 5.39. The molecule has 2 aliphatic heterocycles. The van der Waals surface area contributed by atoms with Crippen LogP contribution in [0.2, 0.25) is 0 Å². The lowest BCUT2D eigenvalue weighted by molar-refractivity contribution is 0.174. The molecule has 146 valence electrons. The Bertz CT molecular complexity index is 978. The lowest BCUT2D eigenvalue weighted by Crippen LogP contribution is -2.29. The summed E-state index contributed by atoms with van der Waals surface area (Å²) in [6, 6.07) is 5.93. The number of ether oxygens (including phenoxy) is 2. The molecule has 0 radical (unpaired) electrons. The number of unbranched alkanes of at least 4 members (excludes halogenated alkanes) is 1. The van der Waals surface area contributed by atoms with Crippen LogP contribution < -0.4 is 9.47 Å². The quantitative estimate of drug-likeness (QED) is 0.703. The average Bonchev–Trinajstić information content (AvgIpc) is 3.45. The first-order valence-electron chi connectivity index (χ1n) is 9.92. The smallest absolute Gasteiger partial charge is 0.231 e. The van der Waals surface area contributed by atoms with E-state index in [-0.39, 0.29) is 6.79 Å². The van der Waals surface area contributed by atoms with Crippen LogP contribution in [0.3, 0.4) is 0 Å². The molecule has 5 rings (SSSR count). The van der Waals surface area contributed by atoms with Crippen molar-refractivity contribution >= 4 is 0 Å². The number of fused-ring (bicyclic) bond motifs is 2. The second-order valence-electron chi connectivity index (χ2n) is 7.42. The minimum atomic E-state index is 0.272. The van der Waals surface area contributed by atoms with Gasteiger partial charge in [0, 0.05) is 55.5 Å². The molecule has 2 aliphatic rings. The summed E-state index contributed by atoms with van der Waals surface area (Å²) in [5, 5.41) is 4.35. The van der Waals surface area contributed by atoms with E-state index in [0.717, 1.165) is 78.1 Å². The van der Waals surface area contributed by atoms with Gasteiger partial charge < -0.3 is 19.0 Å². The Morgan fingerprint density at radius 2 is 2.14 bits per heavy atom. The molecule has 0 amide bonds. The molecule has 1 N–H and O–H groups in total. The molecule has 28 heavy (non-hydrogen) atoms. The largest absolute Gasteiger partial charge is 0.454 e. The minimum Gasteiger partial charge on any atom is -0.454 e. The molecule has 7 heteroatoms. The van der Waals surface area contributed by atoms with Gasteiger partial charge in [-0.05, 0) is 24.6 Å². The molecule has 0 fully saturated rings. The van der Waals surface area contributed by atoms with Gasteiger partial charge in [-0.3, -0.25) is 4.90 Å². The number of hydrogen-bond donors (Lipinski definition) is 1. The fourth-order valence-electron chi connectivity index (χ4n) is 3.87. The van der Waals surface area contributed by atoms with Crippen LogP contribution in [-0.4, -0.2) is 33.4 Å². The Morgan fingerprint density at radius 1 is 1.21 bits per heavy atom. The van der Waals surface area contributed by atoms with Crippen molar-refractivity contribution in [2.24, 2.45) is 0 Å². The van der Waals surface area contributed by atoms with Crippen LogP contribution in [0.15, 0.2) is 28.9 Å². The van der Waals surface area contributed by atoms with Gasteiger partial charge in [-0.1, -0.05) is 18.5 Å². The zero-order valence-electron chi connectivity index (χ0n) is 16.0. The van der Waals surface area contributed by atoms with Crippen molar-refractivity contribution in [2.75, 3.05) is 13.3 Å². The molecule has 0 saturated heterocycles. The van der Waals surface area contributed by atoms with E-state index >= 15 is 0 Å². The lowest BCUT2D eigenvalue weighted by Gasteiger charge is -2.25. The number of aromatic nitrogens is 3. The predicted octanol–water partition coefficient (Wildman–Crippen LogP) is 3.69.